The van der Waals surface area contributed by atoms with Crippen molar-refractivity contribution in [3.05, 3.63) is 0 Å². The SMILES string of the molecule is N#CC1CCCCN1C1COCC1O. The molecule has 0 aromatic carbocycles. The van der Waals surface area contributed by atoms with Crippen LogP contribution in [0.4, 0.5) is 0 Å². The van der Waals surface area contributed by atoms with Crippen LogP contribution in [0.3, 0.4) is 0 Å². The molecule has 0 bridgehead atoms. The molecule has 14 heavy (non-hydrogen) atoms. The number of rotatable bonds is 1. The maximum absolute atomic E-state index is 9.68. The Morgan fingerprint density at radius 2 is 2.21 bits per heavy atom. The predicted octanol–water partition coefficient (Wildman–Crippen LogP) is 0.124. The number of aliphatic hydroxyl groups excluding tert-OH is 1. The van der Waals surface area contributed by atoms with Crippen molar-refractivity contribution >= 4 is 0 Å². The second kappa shape index (κ2) is 4.26. The van der Waals surface area contributed by atoms with Gasteiger partial charge in [0.05, 0.1) is 37.5 Å². The molecule has 0 radical (unpaired) electrons. The van der Waals surface area contributed by atoms with E-state index >= 15 is 0 Å². The molecule has 2 heterocycles. The Bertz CT molecular complexity index is 239. The van der Waals surface area contributed by atoms with E-state index in [2.05, 4.69) is 11.0 Å². The third-order valence-electron chi connectivity index (χ3n) is 3.14. The van der Waals surface area contributed by atoms with Crippen LogP contribution in [0.25, 0.3) is 0 Å². The number of hydrogen-bond donors (Lipinski definition) is 1. The number of likely N-dealkylation sites (tertiary alicyclic amines) is 1. The van der Waals surface area contributed by atoms with Crippen LogP contribution in [-0.4, -0.2) is 48.0 Å². The van der Waals surface area contributed by atoms with E-state index in [9.17, 15) is 5.11 Å². The van der Waals surface area contributed by atoms with Gasteiger partial charge in [0.15, 0.2) is 0 Å². The van der Waals surface area contributed by atoms with Gasteiger partial charge in [-0.1, -0.05) is 0 Å². The molecule has 3 atom stereocenters. The summed E-state index contributed by atoms with van der Waals surface area (Å²) in [6.45, 7) is 1.90. The lowest BCUT2D eigenvalue weighted by molar-refractivity contribution is 0.0517. The van der Waals surface area contributed by atoms with Gasteiger partial charge in [0.2, 0.25) is 0 Å². The topological polar surface area (TPSA) is 56.5 Å². The number of ether oxygens (including phenoxy) is 1. The fourth-order valence-electron chi connectivity index (χ4n) is 2.34. The summed E-state index contributed by atoms with van der Waals surface area (Å²) in [7, 11) is 0. The highest BCUT2D eigenvalue weighted by Gasteiger charge is 2.36. The standard InChI is InChI=1S/C10H16N2O2/c11-5-8-3-1-2-4-12(8)9-6-14-7-10(9)13/h8-10,13H,1-4,6-7H2. The second-order valence-electron chi connectivity index (χ2n) is 4.05. The lowest BCUT2D eigenvalue weighted by atomic mass is 9.99. The number of aliphatic hydroxyl groups is 1. The zero-order valence-corrected chi connectivity index (χ0v) is 8.22. The van der Waals surface area contributed by atoms with Gasteiger partial charge in [-0.3, -0.25) is 4.90 Å². The van der Waals surface area contributed by atoms with E-state index in [1.807, 2.05) is 0 Å². The quantitative estimate of drug-likeness (QED) is 0.647. The molecule has 0 spiro atoms. The highest BCUT2D eigenvalue weighted by Crippen LogP contribution is 2.23. The zero-order chi connectivity index (χ0) is 9.97. The van der Waals surface area contributed by atoms with Gasteiger partial charge in [0.1, 0.15) is 0 Å². The van der Waals surface area contributed by atoms with Crippen molar-refractivity contribution in [2.75, 3.05) is 19.8 Å². The molecule has 0 aromatic heterocycles. The monoisotopic (exact) mass is 196 g/mol. The Hall–Kier alpha value is -0.630. The van der Waals surface area contributed by atoms with Crippen LogP contribution in [-0.2, 0) is 4.74 Å². The normalized spacial score (nSPS) is 39.6. The minimum Gasteiger partial charge on any atom is -0.389 e. The van der Waals surface area contributed by atoms with Gasteiger partial charge in [-0.2, -0.15) is 5.26 Å². The Balaban J connectivity index is 2.03. The third-order valence-corrected chi connectivity index (χ3v) is 3.14. The molecule has 4 heteroatoms. The molecular weight excluding hydrogens is 180 g/mol. The summed E-state index contributed by atoms with van der Waals surface area (Å²) in [5, 5.41) is 18.7. The first-order chi connectivity index (χ1) is 6.83. The summed E-state index contributed by atoms with van der Waals surface area (Å²) in [6.07, 6.45) is 2.77. The van der Waals surface area contributed by atoms with Crippen molar-refractivity contribution in [3.63, 3.8) is 0 Å². The van der Waals surface area contributed by atoms with Gasteiger partial charge < -0.3 is 9.84 Å². The molecular formula is C10H16N2O2. The first-order valence-electron chi connectivity index (χ1n) is 5.24. The van der Waals surface area contributed by atoms with Gasteiger partial charge in [-0.15, -0.1) is 0 Å². The summed E-state index contributed by atoms with van der Waals surface area (Å²) < 4.78 is 5.21. The second-order valence-corrected chi connectivity index (χ2v) is 4.05. The summed E-state index contributed by atoms with van der Waals surface area (Å²) in [6, 6.07) is 2.33. The van der Waals surface area contributed by atoms with Gasteiger partial charge in [0, 0.05) is 0 Å². The minimum atomic E-state index is -0.413. The molecule has 2 aliphatic heterocycles. The van der Waals surface area contributed by atoms with Crippen LogP contribution in [0, 0.1) is 11.3 Å². The average Bonchev–Trinajstić information content (AvgIpc) is 2.64. The fraction of sp³-hybridized carbons (Fsp3) is 0.900. The number of hydrogen-bond acceptors (Lipinski definition) is 4. The summed E-state index contributed by atoms with van der Waals surface area (Å²) >= 11 is 0. The largest absolute Gasteiger partial charge is 0.389 e. The molecule has 0 saturated carbocycles. The van der Waals surface area contributed by atoms with Crippen LogP contribution in [0.2, 0.25) is 0 Å². The van der Waals surface area contributed by atoms with Crippen molar-refractivity contribution in [2.24, 2.45) is 0 Å². The molecule has 2 rings (SSSR count). The third kappa shape index (κ3) is 1.76. The molecule has 2 saturated heterocycles. The molecule has 3 unspecified atom stereocenters. The number of nitrogens with zero attached hydrogens (tertiary/aromatic N) is 2. The number of nitriles is 1. The molecule has 2 fully saturated rings. The highest BCUT2D eigenvalue weighted by molar-refractivity contribution is 4.99. The van der Waals surface area contributed by atoms with E-state index in [4.69, 9.17) is 10.00 Å². The Labute approximate surface area is 84.1 Å². The van der Waals surface area contributed by atoms with Crippen molar-refractivity contribution in [2.45, 2.75) is 37.5 Å². The van der Waals surface area contributed by atoms with E-state index in [0.29, 0.717) is 13.2 Å². The highest BCUT2D eigenvalue weighted by atomic mass is 16.5. The summed E-state index contributed by atoms with van der Waals surface area (Å²) in [5.74, 6) is 0. The van der Waals surface area contributed by atoms with E-state index in [-0.39, 0.29) is 12.1 Å². The summed E-state index contributed by atoms with van der Waals surface area (Å²) in [4.78, 5) is 2.11. The van der Waals surface area contributed by atoms with Gasteiger partial charge >= 0.3 is 0 Å². The maximum Gasteiger partial charge on any atom is 0.0981 e. The predicted molar refractivity (Wildman–Crippen MR) is 50.6 cm³/mol. The van der Waals surface area contributed by atoms with Crippen LogP contribution in [0.5, 0.6) is 0 Å². The molecule has 0 aliphatic carbocycles. The first-order valence-corrected chi connectivity index (χ1v) is 5.24. The number of piperidine rings is 1. The van der Waals surface area contributed by atoms with Gasteiger partial charge in [-0.05, 0) is 25.8 Å². The minimum absolute atomic E-state index is 0.0231. The molecule has 78 valence electrons. The zero-order valence-electron chi connectivity index (χ0n) is 8.22. The van der Waals surface area contributed by atoms with Gasteiger partial charge in [-0.25, -0.2) is 0 Å². The lowest BCUT2D eigenvalue weighted by Gasteiger charge is -2.36. The van der Waals surface area contributed by atoms with Crippen LogP contribution in [0.15, 0.2) is 0 Å². The maximum atomic E-state index is 9.68. The Morgan fingerprint density at radius 1 is 1.36 bits per heavy atom. The van der Waals surface area contributed by atoms with E-state index in [1.165, 1.54) is 0 Å². The molecule has 1 N–H and O–H groups in total. The molecule has 4 nitrogen and oxygen atoms in total. The average molecular weight is 196 g/mol. The first kappa shape index (κ1) is 9.91. The van der Waals surface area contributed by atoms with Crippen LogP contribution < -0.4 is 0 Å². The fourth-order valence-corrected chi connectivity index (χ4v) is 2.34. The van der Waals surface area contributed by atoms with Crippen molar-refractivity contribution in [1.29, 1.82) is 5.26 Å². The van der Waals surface area contributed by atoms with E-state index < -0.39 is 6.10 Å². The lowest BCUT2D eigenvalue weighted by Crippen LogP contribution is -2.50. The van der Waals surface area contributed by atoms with Gasteiger partial charge in [0.25, 0.3) is 0 Å². The van der Waals surface area contributed by atoms with E-state index in [0.717, 1.165) is 25.8 Å². The van der Waals surface area contributed by atoms with Crippen LogP contribution >= 0.6 is 0 Å². The molecule has 2 aliphatic rings. The summed E-state index contributed by atoms with van der Waals surface area (Å²) in [5.41, 5.74) is 0. The molecule has 0 amide bonds. The van der Waals surface area contributed by atoms with Crippen LogP contribution in [0.1, 0.15) is 19.3 Å². The smallest absolute Gasteiger partial charge is 0.0981 e. The molecule has 0 aromatic rings. The van der Waals surface area contributed by atoms with E-state index in [1.54, 1.807) is 0 Å². The van der Waals surface area contributed by atoms with Crippen molar-refractivity contribution < 1.29 is 9.84 Å². The van der Waals surface area contributed by atoms with Crippen molar-refractivity contribution in [1.82, 2.24) is 4.90 Å². The Morgan fingerprint density at radius 3 is 2.86 bits per heavy atom. The van der Waals surface area contributed by atoms with Crippen molar-refractivity contribution in [3.8, 4) is 6.07 Å². The Kier molecular flexibility index (Phi) is 3.02.